The van der Waals surface area contributed by atoms with E-state index in [2.05, 4.69) is 10.4 Å². The maximum atomic E-state index is 13.8. The minimum atomic E-state index is -1.46. The second-order valence-corrected chi connectivity index (χ2v) is 9.42. The molecule has 1 N–H and O–H groups in total. The predicted octanol–water partition coefficient (Wildman–Crippen LogP) is 3.62. The summed E-state index contributed by atoms with van der Waals surface area (Å²) in [5, 5.41) is 8.57. The van der Waals surface area contributed by atoms with Crippen molar-refractivity contribution >= 4 is 51.9 Å². The molecular formula is C23H23ClN4O4S. The standard InChI is InChI=1S/C23H23ClN4O4S/c1-14-6-4-7-18(12-14)32-11-5-10-27-20-9-8-17(24)13-19(20)23(21(27)31)28(16(3)30)26-22(33-23)25-15(2)29/h4,6-9,12-13H,5,10-11H2,1-3H3,(H,25,26,29)/t23-/m1/s1. The zero-order valence-electron chi connectivity index (χ0n) is 18.4. The van der Waals surface area contributed by atoms with Crippen LogP contribution in [0.1, 0.15) is 31.4 Å². The first-order chi connectivity index (χ1) is 15.7. The highest BCUT2D eigenvalue weighted by atomic mass is 35.5. The van der Waals surface area contributed by atoms with Crippen molar-refractivity contribution in [1.29, 1.82) is 0 Å². The van der Waals surface area contributed by atoms with Crippen molar-refractivity contribution in [2.24, 2.45) is 5.10 Å². The van der Waals surface area contributed by atoms with Gasteiger partial charge < -0.3 is 15.0 Å². The molecule has 1 spiro atoms. The SMILES string of the molecule is CC(=O)NC1=NN(C(C)=O)[C@]2(S1)C(=O)N(CCCOc1cccc(C)c1)c1ccc(Cl)cc12. The maximum absolute atomic E-state index is 13.8. The van der Waals surface area contributed by atoms with E-state index >= 15 is 0 Å². The normalized spacial score (nSPS) is 19.0. The lowest BCUT2D eigenvalue weighted by Crippen LogP contribution is -2.48. The Kier molecular flexibility index (Phi) is 6.36. The molecule has 4 rings (SSSR count). The van der Waals surface area contributed by atoms with E-state index in [4.69, 9.17) is 16.3 Å². The van der Waals surface area contributed by atoms with Crippen LogP contribution >= 0.6 is 23.4 Å². The Labute approximate surface area is 200 Å². The summed E-state index contributed by atoms with van der Waals surface area (Å²) >= 11 is 7.29. The molecule has 3 amide bonds. The number of carbonyl (C=O) groups excluding carboxylic acids is 3. The van der Waals surface area contributed by atoms with Crippen LogP contribution in [-0.2, 0) is 19.3 Å². The van der Waals surface area contributed by atoms with Crippen molar-refractivity contribution < 1.29 is 19.1 Å². The van der Waals surface area contributed by atoms with Crippen LogP contribution in [0.2, 0.25) is 5.02 Å². The molecule has 0 aromatic heterocycles. The van der Waals surface area contributed by atoms with Crippen LogP contribution in [0.4, 0.5) is 5.69 Å². The molecule has 2 heterocycles. The third kappa shape index (κ3) is 4.30. The third-order valence-electron chi connectivity index (χ3n) is 5.25. The number of amidine groups is 1. The number of halogens is 1. The zero-order chi connectivity index (χ0) is 23.8. The van der Waals surface area contributed by atoms with Gasteiger partial charge in [-0.1, -0.05) is 23.7 Å². The Morgan fingerprint density at radius 3 is 2.70 bits per heavy atom. The number of benzene rings is 2. The van der Waals surface area contributed by atoms with Crippen molar-refractivity contribution in [1.82, 2.24) is 10.3 Å². The van der Waals surface area contributed by atoms with Gasteiger partial charge in [-0.05, 0) is 61.0 Å². The molecule has 2 aromatic carbocycles. The smallest absolute Gasteiger partial charge is 0.270 e. The molecular weight excluding hydrogens is 464 g/mol. The topological polar surface area (TPSA) is 91.3 Å². The van der Waals surface area contributed by atoms with Gasteiger partial charge in [0, 0.05) is 31.0 Å². The molecule has 1 atom stereocenters. The maximum Gasteiger partial charge on any atom is 0.270 e. The summed E-state index contributed by atoms with van der Waals surface area (Å²) in [6, 6.07) is 12.9. The van der Waals surface area contributed by atoms with Crippen molar-refractivity contribution in [3.05, 3.63) is 58.6 Å². The molecule has 0 radical (unpaired) electrons. The third-order valence-corrected chi connectivity index (χ3v) is 6.72. The van der Waals surface area contributed by atoms with Crippen molar-refractivity contribution in [2.45, 2.75) is 32.1 Å². The van der Waals surface area contributed by atoms with E-state index in [1.54, 1.807) is 23.1 Å². The molecule has 8 nitrogen and oxygen atoms in total. The lowest BCUT2D eigenvalue weighted by Gasteiger charge is -2.29. The molecule has 0 aliphatic carbocycles. The molecule has 0 fully saturated rings. The summed E-state index contributed by atoms with van der Waals surface area (Å²) < 4.78 is 5.83. The minimum absolute atomic E-state index is 0.182. The summed E-state index contributed by atoms with van der Waals surface area (Å²) in [5.41, 5.74) is 2.31. The molecule has 33 heavy (non-hydrogen) atoms. The highest BCUT2D eigenvalue weighted by molar-refractivity contribution is 8.15. The number of ether oxygens (including phenoxy) is 1. The number of nitrogens with zero attached hydrogens (tertiary/aromatic N) is 3. The highest BCUT2D eigenvalue weighted by Crippen LogP contribution is 2.54. The van der Waals surface area contributed by atoms with Crippen LogP contribution < -0.4 is 15.0 Å². The van der Waals surface area contributed by atoms with Crippen LogP contribution in [0.25, 0.3) is 0 Å². The first-order valence-corrected chi connectivity index (χ1v) is 11.6. The number of aryl methyl sites for hydroxylation is 1. The number of hydrogen-bond acceptors (Lipinski definition) is 6. The largest absolute Gasteiger partial charge is 0.494 e. The monoisotopic (exact) mass is 486 g/mol. The van der Waals surface area contributed by atoms with Crippen molar-refractivity contribution in [3.63, 3.8) is 0 Å². The molecule has 172 valence electrons. The number of amides is 3. The average molecular weight is 487 g/mol. The van der Waals surface area contributed by atoms with Gasteiger partial charge in [0.25, 0.3) is 5.91 Å². The molecule has 10 heteroatoms. The summed E-state index contributed by atoms with van der Waals surface area (Å²) in [6.07, 6.45) is 0.571. The first-order valence-electron chi connectivity index (χ1n) is 10.4. The average Bonchev–Trinajstić information content (AvgIpc) is 3.23. The molecule has 2 aromatic rings. The van der Waals surface area contributed by atoms with Crippen LogP contribution in [0, 0.1) is 6.92 Å². The van der Waals surface area contributed by atoms with Gasteiger partial charge in [0.15, 0.2) is 5.17 Å². The molecule has 0 unspecified atom stereocenters. The Morgan fingerprint density at radius 1 is 1.21 bits per heavy atom. The highest BCUT2D eigenvalue weighted by Gasteiger charge is 2.61. The van der Waals surface area contributed by atoms with Crippen LogP contribution in [0.3, 0.4) is 0 Å². The summed E-state index contributed by atoms with van der Waals surface area (Å²) in [6.45, 7) is 5.46. The van der Waals surface area contributed by atoms with Gasteiger partial charge in [-0.2, -0.15) is 5.01 Å². The van der Waals surface area contributed by atoms with Gasteiger partial charge in [-0.15, -0.1) is 5.10 Å². The second kappa shape index (κ2) is 9.07. The van der Waals surface area contributed by atoms with Gasteiger partial charge in [-0.3, -0.25) is 14.4 Å². The number of hydrazone groups is 1. The van der Waals surface area contributed by atoms with Crippen LogP contribution in [0.5, 0.6) is 5.75 Å². The molecule has 0 bridgehead atoms. The fraction of sp³-hybridized carbons (Fsp3) is 0.304. The van der Waals surface area contributed by atoms with E-state index < -0.39 is 10.8 Å². The van der Waals surface area contributed by atoms with Gasteiger partial charge in [0.2, 0.25) is 16.7 Å². The van der Waals surface area contributed by atoms with Crippen molar-refractivity contribution in [3.8, 4) is 5.75 Å². The fourth-order valence-electron chi connectivity index (χ4n) is 3.92. The van der Waals surface area contributed by atoms with Crippen LogP contribution in [0.15, 0.2) is 47.6 Å². The quantitative estimate of drug-likeness (QED) is 0.652. The fourth-order valence-corrected chi connectivity index (χ4v) is 5.42. The Hall–Kier alpha value is -3.04. The first kappa shape index (κ1) is 23.1. The van der Waals surface area contributed by atoms with Gasteiger partial charge in [-0.25, -0.2) is 0 Å². The van der Waals surface area contributed by atoms with Gasteiger partial charge in [0.1, 0.15) is 5.75 Å². The second-order valence-electron chi connectivity index (χ2n) is 7.80. The minimum Gasteiger partial charge on any atom is -0.494 e. The predicted molar refractivity (Wildman–Crippen MR) is 128 cm³/mol. The van der Waals surface area contributed by atoms with E-state index in [0.717, 1.165) is 28.1 Å². The lowest BCUT2D eigenvalue weighted by molar-refractivity contribution is -0.139. The molecule has 0 saturated carbocycles. The number of thioether (sulfide) groups is 1. The number of rotatable bonds is 5. The zero-order valence-corrected chi connectivity index (χ0v) is 20.0. The van der Waals surface area contributed by atoms with E-state index in [1.807, 2.05) is 31.2 Å². The van der Waals surface area contributed by atoms with E-state index in [1.165, 1.54) is 13.8 Å². The Bertz CT molecular complexity index is 1170. The lowest BCUT2D eigenvalue weighted by atomic mass is 10.1. The van der Waals surface area contributed by atoms with Crippen molar-refractivity contribution in [2.75, 3.05) is 18.1 Å². The van der Waals surface area contributed by atoms with E-state index in [-0.39, 0.29) is 17.0 Å². The Morgan fingerprint density at radius 2 is 2.00 bits per heavy atom. The summed E-state index contributed by atoms with van der Waals surface area (Å²) in [7, 11) is 0. The Balaban J connectivity index is 1.59. The number of nitrogens with one attached hydrogen (secondary N) is 1. The molecule has 2 aliphatic heterocycles. The molecule has 2 aliphatic rings. The number of carbonyl (C=O) groups is 3. The van der Waals surface area contributed by atoms with E-state index in [0.29, 0.717) is 35.8 Å². The summed E-state index contributed by atoms with van der Waals surface area (Å²) in [5.74, 6) is -0.316. The van der Waals surface area contributed by atoms with E-state index in [9.17, 15) is 14.4 Å². The number of anilines is 1. The van der Waals surface area contributed by atoms with Gasteiger partial charge >= 0.3 is 0 Å². The number of fused-ring (bicyclic) bond motifs is 2. The summed E-state index contributed by atoms with van der Waals surface area (Å²) in [4.78, 5) is 38.1. The molecule has 0 saturated heterocycles. The number of hydrogen-bond donors (Lipinski definition) is 1. The van der Waals surface area contributed by atoms with Crippen LogP contribution in [-0.4, -0.2) is 41.0 Å². The van der Waals surface area contributed by atoms with Gasteiger partial charge in [0.05, 0.1) is 12.3 Å².